The van der Waals surface area contributed by atoms with Gasteiger partial charge in [-0.1, -0.05) is 30.3 Å². The van der Waals surface area contributed by atoms with Gasteiger partial charge in [0.25, 0.3) is 5.91 Å². The van der Waals surface area contributed by atoms with Crippen molar-refractivity contribution in [2.24, 2.45) is 0 Å². The second-order valence-electron chi connectivity index (χ2n) is 6.45. The molecule has 2 aromatic carbocycles. The molecule has 0 fully saturated rings. The minimum atomic E-state index is -0.583. The van der Waals surface area contributed by atoms with Crippen molar-refractivity contribution in [2.75, 3.05) is 21.2 Å². The van der Waals surface area contributed by atoms with Gasteiger partial charge in [-0.05, 0) is 17.7 Å². The third kappa shape index (κ3) is 3.39. The van der Waals surface area contributed by atoms with Crippen molar-refractivity contribution in [3.05, 3.63) is 70.4 Å². The van der Waals surface area contributed by atoms with Crippen molar-refractivity contribution in [1.82, 2.24) is 9.88 Å². The average Bonchev–Trinajstić information content (AvgIpc) is 3.11. The zero-order valence-electron chi connectivity index (χ0n) is 15.7. The Morgan fingerprint density at radius 3 is 2.32 bits per heavy atom. The molecule has 1 heterocycles. The number of aromatic amines is 1. The molecule has 144 valence electrons. The lowest BCUT2D eigenvalue weighted by atomic mass is 9.96. The number of alkyl halides is 1. The molecule has 0 unspecified atom stereocenters. The van der Waals surface area contributed by atoms with Crippen LogP contribution in [0.3, 0.4) is 0 Å². The van der Waals surface area contributed by atoms with Crippen LogP contribution in [0.4, 0.5) is 0 Å². The normalized spacial score (nSPS) is 10.7. The number of nitrogens with zero attached hydrogens (tertiary/aromatic N) is 1. The van der Waals surface area contributed by atoms with E-state index in [1.165, 1.54) is 12.0 Å². The number of ether oxygens (including phenoxy) is 1. The van der Waals surface area contributed by atoms with Crippen molar-refractivity contribution in [1.29, 1.82) is 0 Å². The Balaban J connectivity index is 2.30. The van der Waals surface area contributed by atoms with E-state index in [1.807, 2.05) is 0 Å². The van der Waals surface area contributed by atoms with E-state index in [4.69, 9.17) is 16.3 Å². The first-order chi connectivity index (χ1) is 13.4. The standard InChI is InChI=1S/C21H19ClN2O4/c1-24(2)20(26)18-17(19(25)13-9-7-12(11-22)8-10-13)16-14(21(27)28-3)5-4-6-15(16)23-18/h4-10,23H,11H2,1-3H3. The summed E-state index contributed by atoms with van der Waals surface area (Å²) < 4.78 is 4.86. The predicted octanol–water partition coefficient (Wildman–Crippen LogP) is 3.63. The molecule has 0 aliphatic rings. The topological polar surface area (TPSA) is 79.5 Å². The first-order valence-corrected chi connectivity index (χ1v) is 9.06. The number of amides is 1. The molecule has 1 N–H and O–H groups in total. The van der Waals surface area contributed by atoms with Gasteiger partial charge in [0.1, 0.15) is 5.69 Å². The van der Waals surface area contributed by atoms with E-state index in [0.29, 0.717) is 22.3 Å². The lowest BCUT2D eigenvalue weighted by Crippen LogP contribution is -2.24. The van der Waals surface area contributed by atoms with Gasteiger partial charge < -0.3 is 14.6 Å². The highest BCUT2D eigenvalue weighted by Gasteiger charge is 2.28. The van der Waals surface area contributed by atoms with Crippen LogP contribution < -0.4 is 0 Å². The zero-order chi connectivity index (χ0) is 20.4. The second kappa shape index (κ2) is 7.86. The van der Waals surface area contributed by atoms with Gasteiger partial charge >= 0.3 is 5.97 Å². The average molecular weight is 399 g/mol. The van der Waals surface area contributed by atoms with Crippen molar-refractivity contribution in [2.45, 2.75) is 5.88 Å². The van der Waals surface area contributed by atoms with Crippen molar-refractivity contribution in [3.8, 4) is 0 Å². The molecule has 0 saturated carbocycles. The second-order valence-corrected chi connectivity index (χ2v) is 6.72. The number of halogens is 1. The number of methoxy groups -OCH3 is 1. The Hall–Kier alpha value is -3.12. The first kappa shape index (κ1) is 19.6. The van der Waals surface area contributed by atoms with Gasteiger partial charge in [-0.15, -0.1) is 11.6 Å². The first-order valence-electron chi connectivity index (χ1n) is 8.53. The molecule has 0 aliphatic heterocycles. The summed E-state index contributed by atoms with van der Waals surface area (Å²) in [6, 6.07) is 11.8. The number of hydrogen-bond donors (Lipinski definition) is 1. The maximum Gasteiger partial charge on any atom is 0.338 e. The minimum absolute atomic E-state index is 0.128. The van der Waals surface area contributed by atoms with Gasteiger partial charge in [0.2, 0.25) is 0 Å². The molecular formula is C21H19ClN2O4. The lowest BCUT2D eigenvalue weighted by Gasteiger charge is -2.11. The molecule has 7 heteroatoms. The quantitative estimate of drug-likeness (QED) is 0.404. The highest BCUT2D eigenvalue weighted by molar-refractivity contribution is 6.25. The van der Waals surface area contributed by atoms with Crippen LogP contribution in [0.25, 0.3) is 10.9 Å². The van der Waals surface area contributed by atoms with Crippen LogP contribution in [-0.4, -0.2) is 48.7 Å². The van der Waals surface area contributed by atoms with Crippen LogP contribution in [0.2, 0.25) is 0 Å². The number of carbonyl (C=O) groups is 3. The molecule has 0 saturated heterocycles. The number of H-pyrrole nitrogens is 1. The fourth-order valence-corrected chi connectivity index (χ4v) is 3.21. The van der Waals surface area contributed by atoms with E-state index in [2.05, 4.69) is 4.98 Å². The number of carbonyl (C=O) groups excluding carboxylic acids is 3. The van der Waals surface area contributed by atoms with Gasteiger partial charge in [-0.3, -0.25) is 9.59 Å². The maximum absolute atomic E-state index is 13.4. The summed E-state index contributed by atoms with van der Waals surface area (Å²) in [5.41, 5.74) is 2.26. The summed E-state index contributed by atoms with van der Waals surface area (Å²) in [5.74, 6) is -0.986. The Kier molecular flexibility index (Phi) is 5.51. The van der Waals surface area contributed by atoms with Crippen LogP contribution in [0.5, 0.6) is 0 Å². The maximum atomic E-state index is 13.4. The van der Waals surface area contributed by atoms with E-state index < -0.39 is 5.97 Å². The number of rotatable bonds is 5. The molecule has 0 spiro atoms. The third-order valence-corrected chi connectivity index (χ3v) is 4.76. The number of ketones is 1. The predicted molar refractivity (Wildman–Crippen MR) is 107 cm³/mol. The fraction of sp³-hybridized carbons (Fsp3) is 0.190. The molecule has 1 aromatic heterocycles. The van der Waals surface area contributed by atoms with E-state index in [-0.39, 0.29) is 28.5 Å². The Bertz CT molecular complexity index is 1070. The summed E-state index contributed by atoms with van der Waals surface area (Å²) in [6.45, 7) is 0. The molecule has 1 amide bonds. The number of nitrogens with one attached hydrogen (secondary N) is 1. The Morgan fingerprint density at radius 1 is 1.07 bits per heavy atom. The highest BCUT2D eigenvalue weighted by Crippen LogP contribution is 2.30. The summed E-state index contributed by atoms with van der Waals surface area (Å²) in [6.07, 6.45) is 0. The molecule has 0 aliphatic carbocycles. The molecule has 3 rings (SSSR count). The summed E-state index contributed by atoms with van der Waals surface area (Å²) in [5, 5.41) is 0.367. The monoisotopic (exact) mass is 398 g/mol. The van der Waals surface area contributed by atoms with E-state index in [1.54, 1.807) is 56.6 Å². The smallest absolute Gasteiger partial charge is 0.338 e. The molecular weight excluding hydrogens is 380 g/mol. The Morgan fingerprint density at radius 2 is 1.75 bits per heavy atom. The fourth-order valence-electron chi connectivity index (χ4n) is 3.03. The molecule has 28 heavy (non-hydrogen) atoms. The van der Waals surface area contributed by atoms with Crippen molar-refractivity contribution >= 4 is 40.2 Å². The SMILES string of the molecule is COC(=O)c1cccc2[nH]c(C(=O)N(C)C)c(C(=O)c3ccc(CCl)cc3)c12. The molecule has 0 bridgehead atoms. The van der Waals surface area contributed by atoms with Crippen LogP contribution in [-0.2, 0) is 10.6 Å². The molecule has 0 radical (unpaired) electrons. The van der Waals surface area contributed by atoms with Gasteiger partial charge in [-0.2, -0.15) is 0 Å². The number of esters is 1. The summed E-state index contributed by atoms with van der Waals surface area (Å²) in [7, 11) is 4.46. The van der Waals surface area contributed by atoms with Crippen LogP contribution in [0, 0.1) is 0 Å². The van der Waals surface area contributed by atoms with Gasteiger partial charge in [0.05, 0.1) is 18.2 Å². The van der Waals surface area contributed by atoms with E-state index in [9.17, 15) is 14.4 Å². The molecule has 0 atom stereocenters. The van der Waals surface area contributed by atoms with E-state index >= 15 is 0 Å². The number of benzene rings is 2. The zero-order valence-corrected chi connectivity index (χ0v) is 16.5. The number of hydrogen-bond acceptors (Lipinski definition) is 4. The number of fused-ring (bicyclic) bond motifs is 1. The summed E-state index contributed by atoms with van der Waals surface area (Å²) >= 11 is 5.82. The van der Waals surface area contributed by atoms with Gasteiger partial charge in [-0.25, -0.2) is 4.79 Å². The minimum Gasteiger partial charge on any atom is -0.465 e. The Labute approximate surface area is 167 Å². The largest absolute Gasteiger partial charge is 0.465 e. The third-order valence-electron chi connectivity index (χ3n) is 4.45. The van der Waals surface area contributed by atoms with Crippen molar-refractivity contribution < 1.29 is 19.1 Å². The van der Waals surface area contributed by atoms with Crippen LogP contribution in [0.15, 0.2) is 42.5 Å². The summed E-state index contributed by atoms with van der Waals surface area (Å²) in [4.78, 5) is 42.7. The lowest BCUT2D eigenvalue weighted by molar-refractivity contribution is 0.0602. The van der Waals surface area contributed by atoms with Gasteiger partial charge in [0.15, 0.2) is 5.78 Å². The highest BCUT2D eigenvalue weighted by atomic mass is 35.5. The van der Waals surface area contributed by atoms with E-state index in [0.717, 1.165) is 5.56 Å². The van der Waals surface area contributed by atoms with Gasteiger partial charge in [0, 0.05) is 36.4 Å². The van der Waals surface area contributed by atoms with Crippen LogP contribution >= 0.6 is 11.6 Å². The molecule has 3 aromatic rings. The number of aromatic nitrogens is 1. The molecule has 6 nitrogen and oxygen atoms in total. The van der Waals surface area contributed by atoms with Crippen molar-refractivity contribution in [3.63, 3.8) is 0 Å². The van der Waals surface area contributed by atoms with Crippen LogP contribution in [0.1, 0.15) is 42.3 Å².